The molecule has 0 aliphatic carbocycles. The van der Waals surface area contributed by atoms with Gasteiger partial charge < -0.3 is 10.1 Å². The van der Waals surface area contributed by atoms with Gasteiger partial charge >= 0.3 is 0 Å². The SMILES string of the molecule is Cc1cc(C)n(-c2ccc(C(=O)Nc3cccc(OCCn4cccn4)c3)cc2)n1. The molecule has 0 fully saturated rings. The van der Waals surface area contributed by atoms with Gasteiger partial charge in [0, 0.05) is 35.4 Å². The van der Waals surface area contributed by atoms with Crippen LogP contribution in [-0.4, -0.2) is 32.1 Å². The fraction of sp³-hybridized carbons (Fsp3) is 0.174. The molecule has 0 bridgehead atoms. The van der Waals surface area contributed by atoms with Crippen LogP contribution in [0.4, 0.5) is 5.69 Å². The number of benzene rings is 2. The smallest absolute Gasteiger partial charge is 0.255 e. The van der Waals surface area contributed by atoms with E-state index in [2.05, 4.69) is 15.5 Å². The van der Waals surface area contributed by atoms with Crippen molar-refractivity contribution in [3.05, 3.63) is 90.0 Å². The molecule has 0 spiro atoms. The summed E-state index contributed by atoms with van der Waals surface area (Å²) in [4.78, 5) is 12.6. The highest BCUT2D eigenvalue weighted by Gasteiger charge is 2.09. The molecular formula is C23H23N5O2. The van der Waals surface area contributed by atoms with Crippen LogP contribution in [0.5, 0.6) is 5.75 Å². The lowest BCUT2D eigenvalue weighted by Gasteiger charge is -2.10. The summed E-state index contributed by atoms with van der Waals surface area (Å²) in [6.45, 7) is 5.11. The number of aryl methyl sites for hydroxylation is 2. The maximum absolute atomic E-state index is 12.6. The molecule has 0 unspecified atom stereocenters. The number of hydrogen-bond acceptors (Lipinski definition) is 4. The summed E-state index contributed by atoms with van der Waals surface area (Å²) in [5.41, 5.74) is 4.18. The van der Waals surface area contributed by atoms with Gasteiger partial charge in [-0.2, -0.15) is 10.2 Å². The molecule has 0 aliphatic heterocycles. The van der Waals surface area contributed by atoms with Crippen molar-refractivity contribution >= 4 is 11.6 Å². The molecule has 1 N–H and O–H groups in total. The maximum atomic E-state index is 12.6. The minimum atomic E-state index is -0.177. The van der Waals surface area contributed by atoms with Crippen LogP contribution in [0.3, 0.4) is 0 Å². The van der Waals surface area contributed by atoms with Crippen LogP contribution in [0.1, 0.15) is 21.7 Å². The molecule has 2 aromatic carbocycles. The number of nitrogens with zero attached hydrogens (tertiary/aromatic N) is 4. The van der Waals surface area contributed by atoms with E-state index in [-0.39, 0.29) is 5.91 Å². The van der Waals surface area contributed by atoms with Gasteiger partial charge in [0.15, 0.2) is 0 Å². The van der Waals surface area contributed by atoms with Crippen LogP contribution in [-0.2, 0) is 6.54 Å². The average molecular weight is 401 g/mol. The monoisotopic (exact) mass is 401 g/mol. The lowest BCUT2D eigenvalue weighted by Crippen LogP contribution is -2.12. The van der Waals surface area contributed by atoms with Gasteiger partial charge in [-0.3, -0.25) is 9.48 Å². The summed E-state index contributed by atoms with van der Waals surface area (Å²) in [6, 6.07) is 18.6. The lowest BCUT2D eigenvalue weighted by atomic mass is 10.2. The number of ether oxygens (including phenoxy) is 1. The van der Waals surface area contributed by atoms with Crippen molar-refractivity contribution in [2.24, 2.45) is 0 Å². The molecule has 0 aliphatic rings. The summed E-state index contributed by atoms with van der Waals surface area (Å²) >= 11 is 0. The van der Waals surface area contributed by atoms with Gasteiger partial charge in [-0.15, -0.1) is 0 Å². The number of rotatable bonds is 7. The Labute approximate surface area is 174 Å². The first-order chi connectivity index (χ1) is 14.6. The highest BCUT2D eigenvalue weighted by atomic mass is 16.5. The van der Waals surface area contributed by atoms with Crippen LogP contribution in [0.2, 0.25) is 0 Å². The number of nitrogens with one attached hydrogen (secondary N) is 1. The Morgan fingerprint density at radius 3 is 2.60 bits per heavy atom. The molecule has 30 heavy (non-hydrogen) atoms. The number of carbonyl (C=O) groups is 1. The van der Waals surface area contributed by atoms with E-state index in [1.165, 1.54) is 0 Å². The van der Waals surface area contributed by atoms with Crippen LogP contribution in [0.25, 0.3) is 5.69 Å². The third-order valence-electron chi connectivity index (χ3n) is 4.62. The zero-order valence-corrected chi connectivity index (χ0v) is 16.9. The van der Waals surface area contributed by atoms with Crippen molar-refractivity contribution in [3.63, 3.8) is 0 Å². The van der Waals surface area contributed by atoms with Gasteiger partial charge in [0.1, 0.15) is 12.4 Å². The van der Waals surface area contributed by atoms with Gasteiger partial charge in [0.05, 0.1) is 17.9 Å². The Bertz CT molecular complexity index is 1130. The molecule has 0 saturated heterocycles. The van der Waals surface area contributed by atoms with Crippen molar-refractivity contribution in [1.29, 1.82) is 0 Å². The van der Waals surface area contributed by atoms with E-state index in [1.807, 2.05) is 73.3 Å². The van der Waals surface area contributed by atoms with E-state index in [4.69, 9.17) is 4.74 Å². The predicted molar refractivity (Wildman–Crippen MR) is 115 cm³/mol. The van der Waals surface area contributed by atoms with Gasteiger partial charge in [-0.1, -0.05) is 6.07 Å². The van der Waals surface area contributed by atoms with Crippen molar-refractivity contribution in [2.45, 2.75) is 20.4 Å². The summed E-state index contributed by atoms with van der Waals surface area (Å²) in [5, 5.41) is 11.5. The molecule has 0 saturated carbocycles. The number of amides is 1. The molecular weight excluding hydrogens is 378 g/mol. The van der Waals surface area contributed by atoms with Gasteiger partial charge in [-0.25, -0.2) is 4.68 Å². The van der Waals surface area contributed by atoms with Crippen LogP contribution < -0.4 is 10.1 Å². The Hall–Kier alpha value is -3.87. The topological polar surface area (TPSA) is 74.0 Å². The normalized spacial score (nSPS) is 10.7. The van der Waals surface area contributed by atoms with Gasteiger partial charge in [0.2, 0.25) is 0 Å². The molecule has 152 valence electrons. The van der Waals surface area contributed by atoms with Crippen molar-refractivity contribution in [1.82, 2.24) is 19.6 Å². The highest BCUT2D eigenvalue weighted by molar-refractivity contribution is 6.04. The summed E-state index contributed by atoms with van der Waals surface area (Å²) < 4.78 is 9.43. The number of carbonyl (C=O) groups excluding carboxylic acids is 1. The van der Waals surface area contributed by atoms with E-state index in [0.29, 0.717) is 30.2 Å². The fourth-order valence-corrected chi connectivity index (χ4v) is 3.20. The first-order valence-electron chi connectivity index (χ1n) is 9.74. The minimum absolute atomic E-state index is 0.177. The Kier molecular flexibility index (Phi) is 5.61. The van der Waals surface area contributed by atoms with Crippen LogP contribution in [0.15, 0.2) is 73.1 Å². The highest BCUT2D eigenvalue weighted by Crippen LogP contribution is 2.19. The minimum Gasteiger partial charge on any atom is -0.492 e. The third-order valence-corrected chi connectivity index (χ3v) is 4.62. The van der Waals surface area contributed by atoms with Gasteiger partial charge in [0.25, 0.3) is 5.91 Å². The first-order valence-corrected chi connectivity index (χ1v) is 9.74. The molecule has 2 aromatic heterocycles. The molecule has 7 heteroatoms. The Balaban J connectivity index is 1.38. The second-order valence-electron chi connectivity index (χ2n) is 6.99. The summed E-state index contributed by atoms with van der Waals surface area (Å²) in [5.74, 6) is 0.517. The average Bonchev–Trinajstić information content (AvgIpc) is 3.37. The molecule has 0 atom stereocenters. The Morgan fingerprint density at radius 2 is 1.90 bits per heavy atom. The second kappa shape index (κ2) is 8.65. The molecule has 4 aromatic rings. The molecule has 7 nitrogen and oxygen atoms in total. The standard InChI is InChI=1S/C23H23N5O2/c1-17-15-18(2)28(26-17)21-9-7-19(8-10-21)23(29)25-20-5-3-6-22(16-20)30-14-13-27-12-4-11-24-27/h3-12,15-16H,13-14H2,1-2H3,(H,25,29). The number of anilines is 1. The van der Waals surface area contributed by atoms with E-state index >= 15 is 0 Å². The molecule has 0 radical (unpaired) electrons. The number of hydrogen-bond donors (Lipinski definition) is 1. The third kappa shape index (κ3) is 4.57. The summed E-state index contributed by atoms with van der Waals surface area (Å²) in [7, 11) is 0. The molecule has 4 rings (SSSR count). The van der Waals surface area contributed by atoms with E-state index in [1.54, 1.807) is 23.0 Å². The summed E-state index contributed by atoms with van der Waals surface area (Å²) in [6.07, 6.45) is 3.63. The largest absolute Gasteiger partial charge is 0.492 e. The second-order valence-corrected chi connectivity index (χ2v) is 6.99. The lowest BCUT2D eigenvalue weighted by molar-refractivity contribution is 0.102. The van der Waals surface area contributed by atoms with Crippen molar-refractivity contribution < 1.29 is 9.53 Å². The predicted octanol–water partition coefficient (Wildman–Crippen LogP) is 4.02. The first kappa shape index (κ1) is 19.4. The van der Waals surface area contributed by atoms with E-state index in [9.17, 15) is 4.79 Å². The van der Waals surface area contributed by atoms with Crippen molar-refractivity contribution in [3.8, 4) is 11.4 Å². The zero-order chi connectivity index (χ0) is 20.9. The fourth-order valence-electron chi connectivity index (χ4n) is 3.20. The van der Waals surface area contributed by atoms with E-state index < -0.39 is 0 Å². The van der Waals surface area contributed by atoms with Crippen LogP contribution in [0, 0.1) is 13.8 Å². The Morgan fingerprint density at radius 1 is 1.07 bits per heavy atom. The number of aromatic nitrogens is 4. The quantitative estimate of drug-likeness (QED) is 0.508. The maximum Gasteiger partial charge on any atom is 0.255 e. The van der Waals surface area contributed by atoms with Crippen molar-refractivity contribution in [2.75, 3.05) is 11.9 Å². The van der Waals surface area contributed by atoms with E-state index in [0.717, 1.165) is 17.1 Å². The molecule has 1 amide bonds. The molecule has 2 heterocycles. The van der Waals surface area contributed by atoms with Gasteiger partial charge in [-0.05, 0) is 62.4 Å². The van der Waals surface area contributed by atoms with Crippen LogP contribution >= 0.6 is 0 Å². The zero-order valence-electron chi connectivity index (χ0n) is 16.9.